The maximum atomic E-state index is 11.0. The van der Waals surface area contributed by atoms with Crippen LogP contribution >= 0.6 is 0 Å². The number of rotatable bonds is 2. The zero-order valence-electron chi connectivity index (χ0n) is 7.66. The van der Waals surface area contributed by atoms with Gasteiger partial charge >= 0.3 is 0 Å². The average molecular weight is 186 g/mol. The summed E-state index contributed by atoms with van der Waals surface area (Å²) in [5.74, 6) is 0. The van der Waals surface area contributed by atoms with Crippen molar-refractivity contribution < 1.29 is 4.79 Å². The van der Waals surface area contributed by atoms with Crippen molar-refractivity contribution in [2.24, 2.45) is 0 Å². The molecule has 3 rings (SSSR count). The number of H-pyrrole nitrogens is 1. The molecular weight excluding hydrogens is 176 g/mol. The molecule has 3 nitrogen and oxygen atoms in total. The van der Waals surface area contributed by atoms with Crippen LogP contribution in [0.25, 0.3) is 10.9 Å². The van der Waals surface area contributed by atoms with E-state index in [0.717, 1.165) is 35.7 Å². The summed E-state index contributed by atoms with van der Waals surface area (Å²) in [5.41, 5.74) is 1.68. The summed E-state index contributed by atoms with van der Waals surface area (Å²) in [5, 5.41) is 8.26. The van der Waals surface area contributed by atoms with Crippen LogP contribution in [-0.2, 0) is 10.2 Å². The van der Waals surface area contributed by atoms with Crippen molar-refractivity contribution >= 4 is 17.2 Å². The Hall–Kier alpha value is -1.64. The van der Waals surface area contributed by atoms with Gasteiger partial charge in [-0.05, 0) is 18.9 Å². The largest absolute Gasteiger partial charge is 0.302 e. The monoisotopic (exact) mass is 186 g/mol. The molecule has 1 aromatic heterocycles. The number of fused-ring (bicyclic) bond motifs is 1. The predicted octanol–water partition coefficient (Wildman–Crippen LogP) is 1.79. The number of carbonyl (C=O) groups excluding carboxylic acids is 1. The summed E-state index contributed by atoms with van der Waals surface area (Å²) < 4.78 is 0. The highest BCUT2D eigenvalue weighted by Gasteiger charge is 2.46. The minimum atomic E-state index is -0.254. The molecule has 0 amide bonds. The fraction of sp³-hybridized carbons (Fsp3) is 0.273. The second-order valence-corrected chi connectivity index (χ2v) is 3.89. The molecule has 0 saturated heterocycles. The van der Waals surface area contributed by atoms with E-state index in [1.165, 1.54) is 0 Å². The van der Waals surface area contributed by atoms with Gasteiger partial charge in [0.1, 0.15) is 6.29 Å². The zero-order chi connectivity index (χ0) is 9.60. The lowest BCUT2D eigenvalue weighted by atomic mass is 10.0. The van der Waals surface area contributed by atoms with E-state index in [-0.39, 0.29) is 5.41 Å². The quantitative estimate of drug-likeness (QED) is 0.727. The van der Waals surface area contributed by atoms with Gasteiger partial charge in [0.2, 0.25) is 0 Å². The Balaban J connectivity index is 2.27. The highest BCUT2D eigenvalue weighted by Crippen LogP contribution is 2.47. The van der Waals surface area contributed by atoms with Gasteiger partial charge in [-0.15, -0.1) is 0 Å². The summed E-state index contributed by atoms with van der Waals surface area (Å²) in [6.45, 7) is 0. The molecule has 1 heterocycles. The molecular formula is C11H10N2O. The van der Waals surface area contributed by atoms with Crippen LogP contribution in [0.3, 0.4) is 0 Å². The molecule has 1 aliphatic rings. The summed E-state index contributed by atoms with van der Waals surface area (Å²) in [6, 6.07) is 7.89. The van der Waals surface area contributed by atoms with E-state index in [4.69, 9.17) is 0 Å². The lowest BCUT2D eigenvalue weighted by molar-refractivity contribution is -0.109. The molecule has 1 N–H and O–H groups in total. The summed E-state index contributed by atoms with van der Waals surface area (Å²) in [6.07, 6.45) is 2.94. The van der Waals surface area contributed by atoms with E-state index >= 15 is 0 Å². The van der Waals surface area contributed by atoms with Crippen LogP contribution in [0.15, 0.2) is 24.3 Å². The number of benzene rings is 1. The van der Waals surface area contributed by atoms with Gasteiger partial charge in [-0.1, -0.05) is 18.2 Å². The summed E-state index contributed by atoms with van der Waals surface area (Å²) in [4.78, 5) is 11.0. The van der Waals surface area contributed by atoms with Crippen LogP contribution in [0.5, 0.6) is 0 Å². The van der Waals surface area contributed by atoms with Crippen LogP contribution in [0.4, 0.5) is 0 Å². The third-order valence-electron chi connectivity index (χ3n) is 2.97. The molecule has 3 heteroatoms. The molecule has 0 bridgehead atoms. The molecule has 0 aliphatic heterocycles. The molecule has 1 aromatic carbocycles. The maximum Gasteiger partial charge on any atom is 0.132 e. The second-order valence-electron chi connectivity index (χ2n) is 3.89. The van der Waals surface area contributed by atoms with Gasteiger partial charge in [-0.25, -0.2) is 0 Å². The first-order valence-electron chi connectivity index (χ1n) is 4.76. The second kappa shape index (κ2) is 2.44. The number of para-hydroxylation sites is 1. The Bertz CT molecular complexity index is 497. The Labute approximate surface area is 81.1 Å². The van der Waals surface area contributed by atoms with Crippen molar-refractivity contribution in [3.05, 3.63) is 30.0 Å². The summed E-state index contributed by atoms with van der Waals surface area (Å²) in [7, 11) is 0. The first kappa shape index (κ1) is 7.74. The van der Waals surface area contributed by atoms with E-state index in [1.54, 1.807) is 0 Å². The fourth-order valence-corrected chi connectivity index (χ4v) is 1.90. The van der Waals surface area contributed by atoms with Gasteiger partial charge in [0.15, 0.2) is 0 Å². The normalized spacial score (nSPS) is 18.3. The fourth-order valence-electron chi connectivity index (χ4n) is 1.90. The van der Waals surface area contributed by atoms with E-state index in [9.17, 15) is 4.79 Å². The van der Waals surface area contributed by atoms with E-state index < -0.39 is 0 Å². The van der Waals surface area contributed by atoms with Crippen LogP contribution in [0.2, 0.25) is 0 Å². The molecule has 0 unspecified atom stereocenters. The number of hydrogen-bond acceptors (Lipinski definition) is 2. The van der Waals surface area contributed by atoms with Crippen LogP contribution < -0.4 is 0 Å². The predicted molar refractivity (Wildman–Crippen MR) is 53.1 cm³/mol. The number of carbonyl (C=O) groups is 1. The molecule has 14 heavy (non-hydrogen) atoms. The molecule has 1 fully saturated rings. The van der Waals surface area contributed by atoms with Crippen LogP contribution in [0.1, 0.15) is 18.5 Å². The Morgan fingerprint density at radius 1 is 1.36 bits per heavy atom. The lowest BCUT2D eigenvalue weighted by Crippen LogP contribution is -2.08. The number of hydrogen-bond donors (Lipinski definition) is 1. The SMILES string of the molecule is O=CC1(c2[nH]nc3ccccc23)CC1. The number of nitrogens with one attached hydrogen (secondary N) is 1. The van der Waals surface area contributed by atoms with Crippen molar-refractivity contribution in [3.8, 4) is 0 Å². The van der Waals surface area contributed by atoms with E-state index in [0.29, 0.717) is 0 Å². The number of aldehydes is 1. The molecule has 1 aliphatic carbocycles. The zero-order valence-corrected chi connectivity index (χ0v) is 7.66. The summed E-state index contributed by atoms with van der Waals surface area (Å²) >= 11 is 0. The molecule has 0 spiro atoms. The lowest BCUT2D eigenvalue weighted by Gasteiger charge is -2.02. The smallest absolute Gasteiger partial charge is 0.132 e. The van der Waals surface area contributed by atoms with Gasteiger partial charge in [-0.2, -0.15) is 5.10 Å². The highest BCUT2D eigenvalue weighted by molar-refractivity contribution is 5.88. The number of aromatic nitrogens is 2. The Morgan fingerprint density at radius 2 is 2.14 bits per heavy atom. The van der Waals surface area contributed by atoms with Gasteiger partial charge in [0.25, 0.3) is 0 Å². The van der Waals surface area contributed by atoms with Gasteiger partial charge in [0.05, 0.1) is 16.6 Å². The van der Waals surface area contributed by atoms with E-state index in [2.05, 4.69) is 10.2 Å². The molecule has 0 atom stereocenters. The van der Waals surface area contributed by atoms with E-state index in [1.807, 2.05) is 24.3 Å². The first-order chi connectivity index (χ1) is 6.86. The first-order valence-corrected chi connectivity index (χ1v) is 4.76. The van der Waals surface area contributed by atoms with Gasteiger partial charge in [0, 0.05) is 5.39 Å². The Kier molecular flexibility index (Phi) is 1.35. The minimum Gasteiger partial charge on any atom is -0.302 e. The highest BCUT2D eigenvalue weighted by atomic mass is 16.1. The average Bonchev–Trinajstić information content (AvgIpc) is 2.91. The molecule has 0 radical (unpaired) electrons. The topological polar surface area (TPSA) is 45.8 Å². The maximum absolute atomic E-state index is 11.0. The van der Waals surface area contributed by atoms with Crippen molar-refractivity contribution in [2.75, 3.05) is 0 Å². The minimum absolute atomic E-state index is 0.254. The molecule has 70 valence electrons. The number of nitrogens with zero attached hydrogens (tertiary/aromatic N) is 1. The van der Waals surface area contributed by atoms with Crippen molar-refractivity contribution in [1.29, 1.82) is 0 Å². The van der Waals surface area contributed by atoms with Gasteiger partial charge in [-0.3, -0.25) is 5.10 Å². The van der Waals surface area contributed by atoms with Crippen molar-refractivity contribution in [3.63, 3.8) is 0 Å². The number of aromatic amines is 1. The molecule has 2 aromatic rings. The molecule has 1 saturated carbocycles. The Morgan fingerprint density at radius 3 is 2.86 bits per heavy atom. The third-order valence-corrected chi connectivity index (χ3v) is 2.97. The van der Waals surface area contributed by atoms with Crippen molar-refractivity contribution in [1.82, 2.24) is 10.2 Å². The van der Waals surface area contributed by atoms with Gasteiger partial charge < -0.3 is 4.79 Å². The van der Waals surface area contributed by atoms with Crippen molar-refractivity contribution in [2.45, 2.75) is 18.3 Å². The van der Waals surface area contributed by atoms with Crippen LogP contribution in [0, 0.1) is 0 Å². The standard InChI is InChI=1S/C11H10N2O/c14-7-11(5-6-11)10-8-3-1-2-4-9(8)12-13-10/h1-4,7H,5-6H2,(H,12,13). The third kappa shape index (κ3) is 0.867. The van der Waals surface area contributed by atoms with Crippen LogP contribution in [-0.4, -0.2) is 16.5 Å².